The highest BCUT2D eigenvalue weighted by Crippen LogP contribution is 2.27. The smallest absolute Gasteiger partial charge is 0.250 e. The highest BCUT2D eigenvalue weighted by molar-refractivity contribution is 6.31. The third-order valence-electron chi connectivity index (χ3n) is 2.65. The highest BCUT2D eigenvalue weighted by atomic mass is 35.5. The molecule has 0 radical (unpaired) electrons. The van der Waals surface area contributed by atoms with E-state index >= 15 is 0 Å². The molecule has 0 aliphatic rings. The van der Waals surface area contributed by atoms with Crippen molar-refractivity contribution in [3.63, 3.8) is 0 Å². The quantitative estimate of drug-likeness (QED) is 0.939. The van der Waals surface area contributed by atoms with E-state index in [0.717, 1.165) is 0 Å². The Labute approximate surface area is 120 Å². The van der Waals surface area contributed by atoms with Crippen molar-refractivity contribution in [3.05, 3.63) is 58.0 Å². The number of pyridine rings is 1. The van der Waals surface area contributed by atoms with Crippen LogP contribution in [0.15, 0.2) is 47.4 Å². The van der Waals surface area contributed by atoms with Gasteiger partial charge in [-0.15, -0.1) is 0 Å². The van der Waals surface area contributed by atoms with Crippen LogP contribution in [0.2, 0.25) is 5.02 Å². The highest BCUT2D eigenvalue weighted by Gasteiger charge is 2.09. The number of ether oxygens (including phenoxy) is 1. The van der Waals surface area contributed by atoms with Gasteiger partial charge in [0, 0.05) is 17.3 Å². The number of carbonyl (C=O) groups is 1. The van der Waals surface area contributed by atoms with Crippen LogP contribution >= 0.6 is 11.6 Å². The molecule has 2 rings (SSSR count). The molecule has 0 aliphatic carbocycles. The van der Waals surface area contributed by atoms with Crippen molar-refractivity contribution in [2.45, 2.75) is 6.54 Å². The number of amides is 1. The van der Waals surface area contributed by atoms with Crippen LogP contribution in [0.3, 0.4) is 0 Å². The van der Waals surface area contributed by atoms with Gasteiger partial charge in [0.2, 0.25) is 5.91 Å². The lowest BCUT2D eigenvalue weighted by Crippen LogP contribution is -2.26. The second-order valence-electron chi connectivity index (χ2n) is 4.06. The Morgan fingerprint density at radius 1 is 1.35 bits per heavy atom. The summed E-state index contributed by atoms with van der Waals surface area (Å²) in [4.78, 5) is 23.5. The summed E-state index contributed by atoms with van der Waals surface area (Å²) in [6.07, 6.45) is 1.55. The molecule has 1 aromatic heterocycles. The van der Waals surface area contributed by atoms with Gasteiger partial charge in [-0.25, -0.2) is 0 Å². The minimum atomic E-state index is -0.334. The maximum atomic E-state index is 11.9. The summed E-state index contributed by atoms with van der Waals surface area (Å²) >= 11 is 5.88. The number of hydrogen-bond donors (Lipinski definition) is 1. The molecule has 2 aromatic rings. The van der Waals surface area contributed by atoms with Gasteiger partial charge in [-0.2, -0.15) is 0 Å². The van der Waals surface area contributed by atoms with Gasteiger partial charge in [0.1, 0.15) is 12.3 Å². The Bertz CT molecular complexity index is 682. The number of nitrogens with one attached hydrogen (secondary N) is 1. The first-order valence-corrected chi connectivity index (χ1v) is 6.27. The Morgan fingerprint density at radius 3 is 2.85 bits per heavy atom. The van der Waals surface area contributed by atoms with Gasteiger partial charge in [0.25, 0.3) is 5.56 Å². The minimum absolute atomic E-state index is 0.0741. The summed E-state index contributed by atoms with van der Waals surface area (Å²) in [5.74, 6) is 0.169. The molecule has 1 amide bonds. The molecule has 0 fully saturated rings. The molecule has 0 aliphatic heterocycles. The lowest BCUT2D eigenvalue weighted by atomic mass is 10.3. The minimum Gasteiger partial charge on any atom is -0.495 e. The topological polar surface area (TPSA) is 60.3 Å². The van der Waals surface area contributed by atoms with Gasteiger partial charge in [-0.1, -0.05) is 17.7 Å². The van der Waals surface area contributed by atoms with Gasteiger partial charge in [-0.05, 0) is 24.3 Å². The van der Waals surface area contributed by atoms with Gasteiger partial charge in [-0.3, -0.25) is 9.59 Å². The third-order valence-corrected chi connectivity index (χ3v) is 2.88. The first-order chi connectivity index (χ1) is 9.60. The van der Waals surface area contributed by atoms with E-state index in [1.807, 2.05) is 0 Å². The summed E-state index contributed by atoms with van der Waals surface area (Å²) in [6.45, 7) is -0.0741. The van der Waals surface area contributed by atoms with Crippen LogP contribution in [0.25, 0.3) is 0 Å². The number of carbonyl (C=O) groups excluding carboxylic acids is 1. The van der Waals surface area contributed by atoms with Crippen molar-refractivity contribution in [2.24, 2.45) is 0 Å². The molecule has 6 heteroatoms. The lowest BCUT2D eigenvalue weighted by molar-refractivity contribution is -0.116. The monoisotopic (exact) mass is 292 g/mol. The van der Waals surface area contributed by atoms with E-state index in [4.69, 9.17) is 16.3 Å². The summed E-state index contributed by atoms with van der Waals surface area (Å²) in [5, 5.41) is 3.15. The van der Waals surface area contributed by atoms with Gasteiger partial charge >= 0.3 is 0 Å². The Morgan fingerprint density at radius 2 is 2.15 bits per heavy atom. The Kier molecular flexibility index (Phi) is 4.42. The van der Waals surface area contributed by atoms with E-state index in [2.05, 4.69) is 5.32 Å². The summed E-state index contributed by atoms with van der Waals surface area (Å²) < 4.78 is 6.45. The zero-order chi connectivity index (χ0) is 14.5. The van der Waals surface area contributed by atoms with Crippen LogP contribution in [0.4, 0.5) is 5.69 Å². The average molecular weight is 293 g/mol. The standard InChI is InChI=1S/C14H13ClN2O3/c1-20-12-6-5-10(15)8-11(12)16-13(18)9-17-7-3-2-4-14(17)19/h2-8H,9H2,1H3,(H,16,18). The van der Waals surface area contributed by atoms with Crippen molar-refractivity contribution >= 4 is 23.2 Å². The molecule has 1 N–H and O–H groups in total. The Hall–Kier alpha value is -2.27. The summed E-state index contributed by atoms with van der Waals surface area (Å²) in [6, 6.07) is 9.62. The normalized spacial score (nSPS) is 10.1. The molecule has 104 valence electrons. The number of hydrogen-bond acceptors (Lipinski definition) is 3. The number of anilines is 1. The van der Waals surface area contributed by atoms with Crippen LogP contribution in [0.1, 0.15) is 0 Å². The van der Waals surface area contributed by atoms with E-state index in [-0.39, 0.29) is 18.0 Å². The van der Waals surface area contributed by atoms with E-state index in [0.29, 0.717) is 16.5 Å². The maximum Gasteiger partial charge on any atom is 0.250 e. The second-order valence-corrected chi connectivity index (χ2v) is 4.50. The fourth-order valence-corrected chi connectivity index (χ4v) is 1.89. The molecule has 0 atom stereocenters. The maximum absolute atomic E-state index is 11.9. The van der Waals surface area contributed by atoms with E-state index in [9.17, 15) is 9.59 Å². The molecule has 1 heterocycles. The fraction of sp³-hybridized carbons (Fsp3) is 0.143. The zero-order valence-corrected chi connectivity index (χ0v) is 11.6. The molecule has 0 bridgehead atoms. The van der Waals surface area contributed by atoms with E-state index in [1.165, 1.54) is 17.7 Å². The van der Waals surface area contributed by atoms with Crippen LogP contribution in [0.5, 0.6) is 5.75 Å². The lowest BCUT2D eigenvalue weighted by Gasteiger charge is -2.11. The van der Waals surface area contributed by atoms with Crippen LogP contribution < -0.4 is 15.6 Å². The zero-order valence-electron chi connectivity index (χ0n) is 10.8. The predicted molar refractivity (Wildman–Crippen MR) is 77.3 cm³/mol. The van der Waals surface area contributed by atoms with Crippen molar-refractivity contribution in [3.8, 4) is 5.75 Å². The molecule has 5 nitrogen and oxygen atoms in total. The van der Waals surface area contributed by atoms with Crippen molar-refractivity contribution in [1.82, 2.24) is 4.57 Å². The molecular formula is C14H13ClN2O3. The van der Waals surface area contributed by atoms with E-state index < -0.39 is 0 Å². The Balaban J connectivity index is 2.14. The molecule has 0 saturated carbocycles. The van der Waals surface area contributed by atoms with Crippen molar-refractivity contribution in [1.29, 1.82) is 0 Å². The van der Waals surface area contributed by atoms with Gasteiger partial charge < -0.3 is 14.6 Å². The SMILES string of the molecule is COc1ccc(Cl)cc1NC(=O)Cn1ccccc1=O. The second kappa shape index (κ2) is 6.25. The first-order valence-electron chi connectivity index (χ1n) is 5.89. The van der Waals surface area contributed by atoms with Crippen molar-refractivity contribution < 1.29 is 9.53 Å². The molecule has 0 spiro atoms. The van der Waals surface area contributed by atoms with Crippen LogP contribution in [-0.2, 0) is 11.3 Å². The molecule has 0 saturated heterocycles. The largest absolute Gasteiger partial charge is 0.495 e. The number of nitrogens with zero attached hydrogens (tertiary/aromatic N) is 1. The van der Waals surface area contributed by atoms with Crippen molar-refractivity contribution in [2.75, 3.05) is 12.4 Å². The summed E-state index contributed by atoms with van der Waals surface area (Å²) in [7, 11) is 1.50. The first kappa shape index (κ1) is 14.1. The number of halogens is 1. The fourth-order valence-electron chi connectivity index (χ4n) is 1.71. The van der Waals surface area contributed by atoms with Gasteiger partial charge in [0.15, 0.2) is 0 Å². The number of benzene rings is 1. The van der Waals surface area contributed by atoms with Crippen LogP contribution in [0, 0.1) is 0 Å². The van der Waals surface area contributed by atoms with Gasteiger partial charge in [0.05, 0.1) is 12.8 Å². The van der Waals surface area contributed by atoms with E-state index in [1.54, 1.807) is 36.5 Å². The molecule has 1 aromatic carbocycles. The van der Waals surface area contributed by atoms with Crippen LogP contribution in [-0.4, -0.2) is 17.6 Å². The predicted octanol–water partition coefficient (Wildman–Crippen LogP) is 2.15. The molecule has 20 heavy (non-hydrogen) atoms. The summed E-state index contributed by atoms with van der Waals surface area (Å²) in [5.41, 5.74) is 0.231. The number of aromatic nitrogens is 1. The average Bonchev–Trinajstić information content (AvgIpc) is 2.41. The number of methoxy groups -OCH3 is 1. The third kappa shape index (κ3) is 3.39. The molecular weight excluding hydrogens is 280 g/mol. The molecule has 0 unspecified atom stereocenters. The number of rotatable bonds is 4.